The van der Waals surface area contributed by atoms with Crippen LogP contribution in [0.3, 0.4) is 0 Å². The van der Waals surface area contributed by atoms with Gasteiger partial charge in [0.2, 0.25) is 5.91 Å². The predicted molar refractivity (Wildman–Crippen MR) is 114 cm³/mol. The van der Waals surface area contributed by atoms with Gasteiger partial charge in [0.1, 0.15) is 0 Å². The predicted octanol–water partition coefficient (Wildman–Crippen LogP) is 4.00. The second-order valence-corrected chi connectivity index (χ2v) is 8.62. The summed E-state index contributed by atoms with van der Waals surface area (Å²) in [4.78, 5) is 15.7. The second-order valence-electron chi connectivity index (χ2n) is 6.68. The summed E-state index contributed by atoms with van der Waals surface area (Å²) in [6, 6.07) is 14.6. The zero-order valence-electron chi connectivity index (χ0n) is 15.5. The van der Waals surface area contributed by atoms with Crippen LogP contribution >= 0.6 is 27.7 Å². The summed E-state index contributed by atoms with van der Waals surface area (Å²) in [6.45, 7) is 7.14. The molecule has 0 saturated carbocycles. The Morgan fingerprint density at radius 1 is 1.19 bits per heavy atom. The maximum absolute atomic E-state index is 12.2. The monoisotopic (exact) mass is 448 g/mol. The van der Waals surface area contributed by atoms with Gasteiger partial charge in [0.25, 0.3) is 0 Å². The molecule has 1 aliphatic rings. The molecule has 1 saturated heterocycles. The van der Waals surface area contributed by atoms with E-state index < -0.39 is 0 Å². The third-order valence-corrected chi connectivity index (χ3v) is 6.16. The molecule has 2 aromatic carbocycles. The number of amides is 1. The number of hydrogen-bond donors (Lipinski definition) is 1. The minimum absolute atomic E-state index is 0.0564. The molecular formula is C21H25BrN2O2S. The first-order valence-corrected chi connectivity index (χ1v) is 10.9. The number of morpholine rings is 1. The Hall–Kier alpha value is -1.34. The number of aryl methyl sites for hydroxylation is 1. The van der Waals surface area contributed by atoms with Crippen LogP contribution in [0.25, 0.3) is 0 Å². The topological polar surface area (TPSA) is 41.6 Å². The molecule has 6 heteroatoms. The van der Waals surface area contributed by atoms with Crippen LogP contribution < -0.4 is 5.32 Å². The van der Waals surface area contributed by atoms with Gasteiger partial charge in [-0.2, -0.15) is 0 Å². The van der Waals surface area contributed by atoms with Crippen LogP contribution in [0.4, 0.5) is 0 Å². The van der Waals surface area contributed by atoms with Crippen LogP contribution in [0.2, 0.25) is 0 Å². The highest BCUT2D eigenvalue weighted by atomic mass is 79.9. The lowest BCUT2D eigenvalue weighted by molar-refractivity contribution is -0.118. The van der Waals surface area contributed by atoms with E-state index in [0.29, 0.717) is 12.3 Å². The van der Waals surface area contributed by atoms with E-state index in [1.807, 2.05) is 12.1 Å². The zero-order valence-corrected chi connectivity index (χ0v) is 17.9. The first-order chi connectivity index (χ1) is 13.1. The number of hydrogen-bond acceptors (Lipinski definition) is 4. The summed E-state index contributed by atoms with van der Waals surface area (Å²) in [6.07, 6.45) is 0. The Kier molecular flexibility index (Phi) is 7.76. The first kappa shape index (κ1) is 20.4. The highest BCUT2D eigenvalue weighted by Gasteiger charge is 2.11. The SMILES string of the molecule is Cc1cc(Br)ccc1SCC(=O)NCc1cccc(CN2CCOCC2)c1. The quantitative estimate of drug-likeness (QED) is 0.649. The van der Waals surface area contributed by atoms with Crippen LogP contribution in [0.15, 0.2) is 51.8 Å². The summed E-state index contributed by atoms with van der Waals surface area (Å²) in [5.41, 5.74) is 3.60. The van der Waals surface area contributed by atoms with Crippen molar-refractivity contribution in [3.05, 3.63) is 63.6 Å². The van der Waals surface area contributed by atoms with Crippen molar-refractivity contribution in [2.24, 2.45) is 0 Å². The molecule has 3 rings (SSSR count). The molecule has 0 atom stereocenters. The van der Waals surface area contributed by atoms with E-state index in [9.17, 15) is 4.79 Å². The fourth-order valence-corrected chi connectivity index (χ4v) is 4.34. The van der Waals surface area contributed by atoms with Gasteiger partial charge in [-0.3, -0.25) is 9.69 Å². The van der Waals surface area contributed by atoms with Crippen molar-refractivity contribution in [1.29, 1.82) is 0 Å². The van der Waals surface area contributed by atoms with Crippen molar-refractivity contribution in [2.75, 3.05) is 32.1 Å². The van der Waals surface area contributed by atoms with Crippen molar-refractivity contribution in [3.63, 3.8) is 0 Å². The zero-order chi connectivity index (χ0) is 19.1. The Morgan fingerprint density at radius 3 is 2.74 bits per heavy atom. The molecule has 0 aliphatic carbocycles. The molecule has 4 nitrogen and oxygen atoms in total. The molecule has 1 amide bonds. The van der Waals surface area contributed by atoms with Crippen molar-refractivity contribution in [1.82, 2.24) is 10.2 Å². The van der Waals surface area contributed by atoms with Crippen LogP contribution in [0, 0.1) is 6.92 Å². The third kappa shape index (κ3) is 6.64. The standard InChI is InChI=1S/C21H25BrN2O2S/c1-16-11-19(22)5-6-20(16)27-15-21(25)23-13-17-3-2-4-18(12-17)14-24-7-9-26-10-8-24/h2-6,11-12H,7-10,13-15H2,1H3,(H,23,25). The van der Waals surface area contributed by atoms with Crippen LogP contribution in [0.5, 0.6) is 0 Å². The molecule has 0 aromatic heterocycles. The number of thioether (sulfide) groups is 1. The third-order valence-electron chi connectivity index (χ3n) is 4.49. The van der Waals surface area contributed by atoms with E-state index in [1.54, 1.807) is 11.8 Å². The lowest BCUT2D eigenvalue weighted by atomic mass is 10.1. The number of ether oxygens (including phenoxy) is 1. The smallest absolute Gasteiger partial charge is 0.230 e. The number of nitrogens with zero attached hydrogens (tertiary/aromatic N) is 1. The van der Waals surface area contributed by atoms with Crippen LogP contribution in [-0.2, 0) is 22.6 Å². The molecule has 144 valence electrons. The van der Waals surface area contributed by atoms with Gasteiger partial charge in [-0.1, -0.05) is 40.2 Å². The highest BCUT2D eigenvalue weighted by molar-refractivity contribution is 9.10. The Balaban J connectivity index is 1.46. The molecule has 1 N–H and O–H groups in total. The maximum atomic E-state index is 12.2. The van der Waals surface area contributed by atoms with E-state index >= 15 is 0 Å². The van der Waals surface area contributed by atoms with E-state index in [-0.39, 0.29) is 5.91 Å². The summed E-state index contributed by atoms with van der Waals surface area (Å²) in [5.74, 6) is 0.483. The van der Waals surface area contributed by atoms with E-state index in [2.05, 4.69) is 63.4 Å². The van der Waals surface area contributed by atoms with Crippen LogP contribution in [0.1, 0.15) is 16.7 Å². The highest BCUT2D eigenvalue weighted by Crippen LogP contribution is 2.25. The Labute approximate surface area is 173 Å². The molecule has 0 radical (unpaired) electrons. The fourth-order valence-electron chi connectivity index (χ4n) is 3.03. The lowest BCUT2D eigenvalue weighted by Gasteiger charge is -2.26. The van der Waals surface area contributed by atoms with Gasteiger partial charge in [-0.25, -0.2) is 0 Å². The number of carbonyl (C=O) groups is 1. The van der Waals surface area contributed by atoms with Crippen molar-refractivity contribution >= 4 is 33.6 Å². The molecule has 1 aliphatic heterocycles. The minimum atomic E-state index is 0.0564. The van der Waals surface area contributed by atoms with Crippen molar-refractivity contribution in [2.45, 2.75) is 24.9 Å². The fraction of sp³-hybridized carbons (Fsp3) is 0.381. The number of halogens is 1. The van der Waals surface area contributed by atoms with E-state index in [0.717, 1.165) is 47.8 Å². The molecule has 0 unspecified atom stereocenters. The van der Waals surface area contributed by atoms with Gasteiger partial charge in [0.05, 0.1) is 19.0 Å². The molecule has 0 bridgehead atoms. The number of nitrogens with one attached hydrogen (secondary N) is 1. The van der Waals surface area contributed by atoms with Crippen molar-refractivity contribution < 1.29 is 9.53 Å². The number of carbonyl (C=O) groups excluding carboxylic acids is 1. The average molecular weight is 449 g/mol. The minimum Gasteiger partial charge on any atom is -0.379 e. The van der Waals surface area contributed by atoms with Gasteiger partial charge in [-0.05, 0) is 41.8 Å². The molecule has 27 heavy (non-hydrogen) atoms. The van der Waals surface area contributed by atoms with Gasteiger partial charge in [0, 0.05) is 35.5 Å². The van der Waals surface area contributed by atoms with Crippen LogP contribution in [-0.4, -0.2) is 42.9 Å². The van der Waals surface area contributed by atoms with Gasteiger partial charge >= 0.3 is 0 Å². The van der Waals surface area contributed by atoms with E-state index in [1.165, 1.54) is 11.1 Å². The molecule has 2 aromatic rings. The largest absolute Gasteiger partial charge is 0.379 e. The molecular weight excluding hydrogens is 424 g/mol. The maximum Gasteiger partial charge on any atom is 0.230 e. The molecule has 1 fully saturated rings. The average Bonchev–Trinajstić information content (AvgIpc) is 2.67. The first-order valence-electron chi connectivity index (χ1n) is 9.14. The van der Waals surface area contributed by atoms with Gasteiger partial charge in [0.15, 0.2) is 0 Å². The van der Waals surface area contributed by atoms with Crippen molar-refractivity contribution in [3.8, 4) is 0 Å². The molecule has 1 heterocycles. The van der Waals surface area contributed by atoms with E-state index in [4.69, 9.17) is 4.74 Å². The summed E-state index contributed by atoms with van der Waals surface area (Å²) in [7, 11) is 0. The molecule has 0 spiro atoms. The number of rotatable bonds is 7. The normalized spacial score (nSPS) is 14.9. The summed E-state index contributed by atoms with van der Waals surface area (Å²) < 4.78 is 6.46. The second kappa shape index (κ2) is 10.3. The summed E-state index contributed by atoms with van der Waals surface area (Å²) >= 11 is 5.04. The Morgan fingerprint density at radius 2 is 1.96 bits per heavy atom. The van der Waals surface area contributed by atoms with Gasteiger partial charge in [-0.15, -0.1) is 11.8 Å². The number of benzene rings is 2. The van der Waals surface area contributed by atoms with Gasteiger partial charge < -0.3 is 10.1 Å². The summed E-state index contributed by atoms with van der Waals surface area (Å²) in [5, 5.41) is 3.03. The Bertz CT molecular complexity index is 779. The lowest BCUT2D eigenvalue weighted by Crippen LogP contribution is -2.35.